The Balaban J connectivity index is 2.53. The van der Waals surface area contributed by atoms with E-state index in [1.807, 2.05) is 0 Å². The highest BCUT2D eigenvalue weighted by atomic mass is 32.2. The summed E-state index contributed by atoms with van der Waals surface area (Å²) in [6.07, 6.45) is 0.221. The largest absolute Gasteiger partial charge is 0.481 e. The summed E-state index contributed by atoms with van der Waals surface area (Å²) >= 11 is 0.917. The molecule has 1 heterocycles. The number of hydrogen-bond donors (Lipinski definition) is 7. The molecule has 0 aliphatic carbocycles. The number of primary amides is 1. The smallest absolute Gasteiger partial charge is 0.303 e. The van der Waals surface area contributed by atoms with Crippen LogP contribution in [0.15, 0.2) is 23.1 Å². The van der Waals surface area contributed by atoms with Crippen LogP contribution in [-0.4, -0.2) is 82.5 Å². The highest BCUT2D eigenvalue weighted by Crippen LogP contribution is 2.28. The predicted molar refractivity (Wildman–Crippen MR) is 141 cm³/mol. The number of carbonyl (C=O) groups excluding carboxylic acids is 5. The summed E-state index contributed by atoms with van der Waals surface area (Å²) in [5, 5.41) is 30.2. The molecule has 218 valence electrons. The quantitative estimate of drug-likeness (QED) is 0.0885. The lowest BCUT2D eigenvalue weighted by atomic mass is 10.1. The Kier molecular flexibility index (Phi) is 12.3. The molecule has 1 aliphatic rings. The van der Waals surface area contributed by atoms with Crippen LogP contribution in [0.3, 0.4) is 0 Å². The van der Waals surface area contributed by atoms with Crippen molar-refractivity contribution in [2.45, 2.75) is 55.1 Å². The number of carboxylic acids is 1. The van der Waals surface area contributed by atoms with Crippen molar-refractivity contribution < 1.29 is 38.8 Å². The van der Waals surface area contributed by atoms with Crippen LogP contribution in [0.25, 0.3) is 0 Å². The zero-order chi connectivity index (χ0) is 29.8. The van der Waals surface area contributed by atoms with E-state index >= 15 is 0 Å². The van der Waals surface area contributed by atoms with Crippen LogP contribution in [0.2, 0.25) is 0 Å². The van der Waals surface area contributed by atoms with E-state index in [-0.39, 0.29) is 29.1 Å². The van der Waals surface area contributed by atoms with Crippen molar-refractivity contribution in [2.24, 2.45) is 11.5 Å². The topological polar surface area (TPSA) is 266 Å². The number of amides is 5. The number of hydrogen-bond acceptors (Lipinski definition) is 10. The van der Waals surface area contributed by atoms with Gasteiger partial charge in [-0.1, -0.05) is 0 Å². The number of non-ortho nitro benzene ring substituents is 1. The van der Waals surface area contributed by atoms with Gasteiger partial charge in [-0.3, -0.25) is 38.9 Å². The van der Waals surface area contributed by atoms with Gasteiger partial charge in [0.25, 0.3) is 11.6 Å². The normalized spacial score (nSPS) is 19.8. The summed E-state index contributed by atoms with van der Waals surface area (Å²) < 4.78 is 0. The number of nitro groups is 1. The van der Waals surface area contributed by atoms with Gasteiger partial charge in [-0.05, 0) is 38.3 Å². The Hall–Kier alpha value is -4.25. The molecule has 0 radical (unpaired) electrons. The molecule has 1 aromatic carbocycles. The Morgan fingerprint density at radius 1 is 1.07 bits per heavy atom. The monoisotopic (exact) mass is 581 g/mol. The van der Waals surface area contributed by atoms with Crippen molar-refractivity contribution in [3.8, 4) is 0 Å². The number of fused-ring (bicyclic) bond motifs is 1. The van der Waals surface area contributed by atoms with Gasteiger partial charge in [0, 0.05) is 29.2 Å². The number of carboxylic acid groups (broad SMARTS) is 1. The van der Waals surface area contributed by atoms with Gasteiger partial charge in [-0.25, -0.2) is 0 Å². The Bertz CT molecular complexity index is 1160. The van der Waals surface area contributed by atoms with Gasteiger partial charge in [0.05, 0.1) is 17.0 Å². The molecule has 3 atom stereocenters. The molecule has 0 saturated heterocycles. The Labute approximate surface area is 232 Å². The zero-order valence-electron chi connectivity index (χ0n) is 21.3. The molecule has 0 spiro atoms. The molecule has 9 N–H and O–H groups in total. The van der Waals surface area contributed by atoms with E-state index in [2.05, 4.69) is 21.3 Å². The number of carbonyl (C=O) groups is 6. The van der Waals surface area contributed by atoms with Crippen LogP contribution >= 0.6 is 11.8 Å². The first-order valence-corrected chi connectivity index (χ1v) is 13.2. The summed E-state index contributed by atoms with van der Waals surface area (Å²) in [5.74, 6) is -5.50. The van der Waals surface area contributed by atoms with E-state index in [4.69, 9.17) is 16.6 Å². The van der Waals surface area contributed by atoms with E-state index in [1.165, 1.54) is 6.07 Å². The third kappa shape index (κ3) is 9.81. The van der Waals surface area contributed by atoms with Crippen LogP contribution in [0.1, 0.15) is 42.5 Å². The number of nitrogens with zero attached hydrogens (tertiary/aromatic N) is 1. The van der Waals surface area contributed by atoms with Crippen molar-refractivity contribution in [2.75, 3.05) is 18.8 Å². The van der Waals surface area contributed by atoms with Crippen LogP contribution in [-0.2, 0) is 24.0 Å². The average Bonchev–Trinajstić information content (AvgIpc) is 2.90. The zero-order valence-corrected chi connectivity index (χ0v) is 22.2. The SMILES string of the molecule is NCCCC[C@@H]1NC(=O)[C@H](CCC(=O)O)NC(=O)c2cc([N+](=O)[O-])ccc2SC[C@@H](C(=O)NCC(N)=O)NC1=O. The van der Waals surface area contributed by atoms with E-state index in [0.29, 0.717) is 19.4 Å². The van der Waals surface area contributed by atoms with E-state index in [9.17, 15) is 38.9 Å². The van der Waals surface area contributed by atoms with Crippen molar-refractivity contribution in [1.82, 2.24) is 21.3 Å². The van der Waals surface area contributed by atoms with Gasteiger partial charge in [-0.15, -0.1) is 11.8 Å². The standard InChI is InChI=1S/C23H31N7O9S/c24-8-2-1-3-14-22(36)29-16(21(35)26-10-18(25)31)11-40-17-6-4-12(30(38)39)9-13(17)20(34)27-15(23(37)28-14)5-7-19(32)33/h4,6,9,14-16H,1-3,5,7-8,10-11,24H2,(H2,25,31)(H,26,35)(H,27,34)(H,28,37)(H,29,36)(H,32,33)/t14-,15-,16-/m0/s1. The first-order valence-electron chi connectivity index (χ1n) is 12.2. The average molecular weight is 582 g/mol. The molecule has 2 rings (SSSR count). The fraction of sp³-hybridized carbons (Fsp3) is 0.478. The molecule has 0 saturated carbocycles. The number of nitro benzene ring substituents is 1. The fourth-order valence-corrected chi connectivity index (χ4v) is 4.72. The predicted octanol–water partition coefficient (Wildman–Crippen LogP) is -1.64. The molecule has 0 fully saturated rings. The Morgan fingerprint density at radius 3 is 2.38 bits per heavy atom. The van der Waals surface area contributed by atoms with Crippen LogP contribution < -0.4 is 32.7 Å². The van der Waals surface area contributed by atoms with Crippen molar-refractivity contribution >= 4 is 53.0 Å². The number of unbranched alkanes of at least 4 members (excludes halogenated alkanes) is 1. The first kappa shape index (κ1) is 32.0. The van der Waals surface area contributed by atoms with E-state index < -0.39 is 77.2 Å². The lowest BCUT2D eigenvalue weighted by molar-refractivity contribution is -0.384. The summed E-state index contributed by atoms with van der Waals surface area (Å²) in [6.45, 7) is -0.193. The van der Waals surface area contributed by atoms with Crippen LogP contribution in [0.4, 0.5) is 5.69 Å². The Morgan fingerprint density at radius 2 is 1.75 bits per heavy atom. The van der Waals surface area contributed by atoms with Crippen molar-refractivity contribution in [1.29, 1.82) is 0 Å². The second-order valence-corrected chi connectivity index (χ2v) is 9.86. The van der Waals surface area contributed by atoms with E-state index in [0.717, 1.165) is 23.9 Å². The summed E-state index contributed by atoms with van der Waals surface area (Å²) in [5.41, 5.74) is 10.0. The molecular formula is C23H31N7O9S. The van der Waals surface area contributed by atoms with Gasteiger partial charge in [0.2, 0.25) is 23.6 Å². The van der Waals surface area contributed by atoms with Gasteiger partial charge >= 0.3 is 5.97 Å². The maximum Gasteiger partial charge on any atom is 0.303 e. The summed E-state index contributed by atoms with van der Waals surface area (Å²) in [6, 6.07) is -0.440. The molecule has 17 heteroatoms. The first-order chi connectivity index (χ1) is 18.9. The number of nitrogens with two attached hydrogens (primary N) is 2. The van der Waals surface area contributed by atoms with Gasteiger partial charge in [0.15, 0.2) is 0 Å². The summed E-state index contributed by atoms with van der Waals surface area (Å²) in [4.78, 5) is 85.6. The molecule has 5 amide bonds. The third-order valence-corrected chi connectivity index (χ3v) is 6.91. The molecule has 1 aliphatic heterocycles. The second kappa shape index (κ2) is 15.4. The molecular weight excluding hydrogens is 550 g/mol. The minimum atomic E-state index is -1.40. The van der Waals surface area contributed by atoms with Gasteiger partial charge in [-0.2, -0.15) is 0 Å². The molecule has 0 unspecified atom stereocenters. The fourth-order valence-electron chi connectivity index (χ4n) is 3.67. The number of rotatable bonds is 11. The minimum absolute atomic E-state index is 0.115. The number of aliphatic carboxylic acids is 1. The van der Waals surface area contributed by atoms with Crippen molar-refractivity contribution in [3.05, 3.63) is 33.9 Å². The lowest BCUT2D eigenvalue weighted by Gasteiger charge is -2.24. The number of nitrogens with one attached hydrogen (secondary N) is 4. The maximum atomic E-state index is 13.2. The molecule has 0 bridgehead atoms. The maximum absolute atomic E-state index is 13.2. The molecule has 16 nitrogen and oxygen atoms in total. The highest BCUT2D eigenvalue weighted by Gasteiger charge is 2.32. The lowest BCUT2D eigenvalue weighted by Crippen LogP contribution is -2.57. The summed E-state index contributed by atoms with van der Waals surface area (Å²) in [7, 11) is 0. The third-order valence-electron chi connectivity index (χ3n) is 5.74. The van der Waals surface area contributed by atoms with E-state index in [1.54, 1.807) is 0 Å². The van der Waals surface area contributed by atoms with Crippen LogP contribution in [0, 0.1) is 10.1 Å². The second-order valence-electron chi connectivity index (χ2n) is 8.80. The molecule has 40 heavy (non-hydrogen) atoms. The van der Waals surface area contributed by atoms with Crippen molar-refractivity contribution in [3.63, 3.8) is 0 Å². The van der Waals surface area contributed by atoms with Crippen LogP contribution in [0.5, 0.6) is 0 Å². The van der Waals surface area contributed by atoms with Gasteiger partial charge in [0.1, 0.15) is 18.1 Å². The molecule has 1 aromatic rings. The number of thioether (sulfide) groups is 1. The molecule has 0 aromatic heterocycles. The van der Waals surface area contributed by atoms with Gasteiger partial charge < -0.3 is 37.8 Å². The minimum Gasteiger partial charge on any atom is -0.481 e. The highest BCUT2D eigenvalue weighted by molar-refractivity contribution is 7.99. The number of benzene rings is 1.